The van der Waals surface area contributed by atoms with Gasteiger partial charge in [-0.15, -0.1) is 0 Å². The highest BCUT2D eigenvalue weighted by Gasteiger charge is 2.34. The molecule has 0 saturated heterocycles. The number of hydrogen-bond donors (Lipinski definition) is 2. The monoisotopic (exact) mass is 247 g/mol. The Labute approximate surface area is 110 Å². The normalized spacial score (nSPS) is 30.7. The van der Waals surface area contributed by atoms with E-state index in [2.05, 4.69) is 43.4 Å². The molecule has 0 aliphatic heterocycles. The van der Waals surface area contributed by atoms with Crippen LogP contribution in [-0.4, -0.2) is 16.7 Å². The number of benzene rings is 1. The van der Waals surface area contributed by atoms with Crippen LogP contribution in [0.4, 0.5) is 0 Å². The number of aliphatic hydroxyl groups is 1. The largest absolute Gasteiger partial charge is 0.391 e. The lowest BCUT2D eigenvalue weighted by Gasteiger charge is -2.37. The van der Waals surface area contributed by atoms with E-state index >= 15 is 0 Å². The van der Waals surface area contributed by atoms with Gasteiger partial charge in [0, 0.05) is 11.6 Å². The lowest BCUT2D eigenvalue weighted by molar-refractivity contribution is 0.0568. The highest BCUT2D eigenvalue weighted by Crippen LogP contribution is 2.29. The summed E-state index contributed by atoms with van der Waals surface area (Å²) in [5.74, 6) is 0. The SMILES string of the molecule is C[C@H](N[C@@]1(C)CCCCC[C@H]1O)c1ccccc1. The molecule has 1 aromatic rings. The summed E-state index contributed by atoms with van der Waals surface area (Å²) in [6, 6.07) is 10.7. The fourth-order valence-corrected chi connectivity index (χ4v) is 2.98. The maximum atomic E-state index is 10.3. The molecule has 0 radical (unpaired) electrons. The molecule has 0 unspecified atom stereocenters. The second-order valence-electron chi connectivity index (χ2n) is 5.81. The second kappa shape index (κ2) is 5.85. The molecule has 1 fully saturated rings. The van der Waals surface area contributed by atoms with Gasteiger partial charge < -0.3 is 10.4 Å². The fraction of sp³-hybridized carbons (Fsp3) is 0.625. The molecule has 100 valence electrons. The molecular formula is C16H25NO. The van der Waals surface area contributed by atoms with Crippen LogP contribution in [0, 0.1) is 0 Å². The topological polar surface area (TPSA) is 32.3 Å². The Morgan fingerprint density at radius 1 is 1.22 bits per heavy atom. The number of nitrogens with one attached hydrogen (secondary N) is 1. The highest BCUT2D eigenvalue weighted by molar-refractivity contribution is 5.19. The van der Waals surface area contributed by atoms with E-state index in [0.29, 0.717) is 0 Å². The van der Waals surface area contributed by atoms with E-state index in [0.717, 1.165) is 19.3 Å². The Balaban J connectivity index is 2.06. The van der Waals surface area contributed by atoms with Crippen LogP contribution in [0.2, 0.25) is 0 Å². The molecule has 3 atom stereocenters. The predicted octanol–water partition coefficient (Wildman–Crippen LogP) is 3.42. The average Bonchev–Trinajstić information content (AvgIpc) is 2.53. The Hall–Kier alpha value is -0.860. The van der Waals surface area contributed by atoms with Crippen molar-refractivity contribution in [1.29, 1.82) is 0 Å². The van der Waals surface area contributed by atoms with Crippen molar-refractivity contribution in [2.45, 2.75) is 63.6 Å². The summed E-state index contributed by atoms with van der Waals surface area (Å²) >= 11 is 0. The summed E-state index contributed by atoms with van der Waals surface area (Å²) in [5.41, 5.74) is 1.14. The fourth-order valence-electron chi connectivity index (χ4n) is 2.98. The molecule has 2 nitrogen and oxygen atoms in total. The summed E-state index contributed by atoms with van der Waals surface area (Å²) in [5, 5.41) is 14.0. The number of aliphatic hydroxyl groups excluding tert-OH is 1. The van der Waals surface area contributed by atoms with Crippen molar-refractivity contribution in [3.05, 3.63) is 35.9 Å². The van der Waals surface area contributed by atoms with Crippen LogP contribution in [0.5, 0.6) is 0 Å². The minimum absolute atomic E-state index is 0.147. The van der Waals surface area contributed by atoms with E-state index in [1.165, 1.54) is 18.4 Å². The molecule has 0 bridgehead atoms. The maximum absolute atomic E-state index is 10.3. The molecule has 1 aliphatic rings. The van der Waals surface area contributed by atoms with Gasteiger partial charge in [-0.05, 0) is 32.3 Å². The lowest BCUT2D eigenvalue weighted by atomic mass is 9.88. The Morgan fingerprint density at radius 2 is 1.94 bits per heavy atom. The number of hydrogen-bond acceptors (Lipinski definition) is 2. The Bertz CT molecular complexity index is 365. The summed E-state index contributed by atoms with van der Waals surface area (Å²) in [7, 11) is 0. The van der Waals surface area contributed by atoms with Gasteiger partial charge in [0.25, 0.3) is 0 Å². The maximum Gasteiger partial charge on any atom is 0.0719 e. The predicted molar refractivity (Wildman–Crippen MR) is 75.5 cm³/mol. The molecule has 1 aliphatic carbocycles. The van der Waals surface area contributed by atoms with Crippen LogP contribution in [0.25, 0.3) is 0 Å². The van der Waals surface area contributed by atoms with Crippen molar-refractivity contribution in [1.82, 2.24) is 5.32 Å². The third-order valence-corrected chi connectivity index (χ3v) is 4.25. The van der Waals surface area contributed by atoms with Gasteiger partial charge in [0.15, 0.2) is 0 Å². The van der Waals surface area contributed by atoms with E-state index < -0.39 is 0 Å². The standard InChI is InChI=1S/C16H25NO/c1-13(14-9-5-3-6-10-14)17-16(2)12-8-4-7-11-15(16)18/h3,5-6,9-10,13,15,17-18H,4,7-8,11-12H2,1-2H3/t13-,15+,16-/m0/s1. The molecule has 2 heteroatoms. The molecule has 1 saturated carbocycles. The van der Waals surface area contributed by atoms with Crippen LogP contribution < -0.4 is 5.32 Å². The van der Waals surface area contributed by atoms with Crippen molar-refractivity contribution < 1.29 is 5.11 Å². The molecule has 18 heavy (non-hydrogen) atoms. The molecule has 0 aromatic heterocycles. The number of rotatable bonds is 3. The second-order valence-corrected chi connectivity index (χ2v) is 5.81. The summed E-state index contributed by atoms with van der Waals surface area (Å²) in [6.45, 7) is 4.35. The third kappa shape index (κ3) is 3.12. The summed E-state index contributed by atoms with van der Waals surface area (Å²) in [4.78, 5) is 0. The van der Waals surface area contributed by atoms with Crippen molar-refractivity contribution in [3.63, 3.8) is 0 Å². The zero-order valence-corrected chi connectivity index (χ0v) is 11.5. The van der Waals surface area contributed by atoms with E-state index in [1.807, 2.05) is 6.07 Å². The first-order chi connectivity index (χ1) is 8.62. The van der Waals surface area contributed by atoms with Crippen molar-refractivity contribution in [2.75, 3.05) is 0 Å². The van der Waals surface area contributed by atoms with Crippen LogP contribution in [0.1, 0.15) is 57.6 Å². The van der Waals surface area contributed by atoms with E-state index in [9.17, 15) is 5.11 Å². The van der Waals surface area contributed by atoms with Gasteiger partial charge in [-0.2, -0.15) is 0 Å². The summed E-state index contributed by atoms with van der Waals surface area (Å²) in [6.07, 6.45) is 5.36. The smallest absolute Gasteiger partial charge is 0.0719 e. The first-order valence-electron chi connectivity index (χ1n) is 7.12. The van der Waals surface area contributed by atoms with E-state index in [4.69, 9.17) is 0 Å². The highest BCUT2D eigenvalue weighted by atomic mass is 16.3. The van der Waals surface area contributed by atoms with E-state index in [-0.39, 0.29) is 17.7 Å². The Kier molecular flexibility index (Phi) is 4.41. The molecule has 1 aromatic carbocycles. The minimum Gasteiger partial charge on any atom is -0.391 e. The van der Waals surface area contributed by atoms with Gasteiger partial charge in [-0.3, -0.25) is 0 Å². The van der Waals surface area contributed by atoms with Crippen molar-refractivity contribution in [2.24, 2.45) is 0 Å². The van der Waals surface area contributed by atoms with Crippen LogP contribution in [-0.2, 0) is 0 Å². The quantitative estimate of drug-likeness (QED) is 0.802. The van der Waals surface area contributed by atoms with Crippen LogP contribution in [0.3, 0.4) is 0 Å². The molecule has 2 N–H and O–H groups in total. The third-order valence-electron chi connectivity index (χ3n) is 4.25. The first-order valence-corrected chi connectivity index (χ1v) is 7.12. The van der Waals surface area contributed by atoms with Gasteiger partial charge in [0.2, 0.25) is 0 Å². The van der Waals surface area contributed by atoms with Crippen LogP contribution >= 0.6 is 0 Å². The molecule has 0 amide bonds. The van der Waals surface area contributed by atoms with E-state index in [1.54, 1.807) is 0 Å². The first kappa shape index (κ1) is 13.6. The summed E-state index contributed by atoms with van der Waals surface area (Å²) < 4.78 is 0. The zero-order chi connectivity index (χ0) is 13.0. The van der Waals surface area contributed by atoms with Crippen LogP contribution in [0.15, 0.2) is 30.3 Å². The molecular weight excluding hydrogens is 222 g/mol. The lowest BCUT2D eigenvalue weighted by Crippen LogP contribution is -2.52. The minimum atomic E-state index is -0.230. The molecule has 0 heterocycles. The Morgan fingerprint density at radius 3 is 2.67 bits per heavy atom. The van der Waals surface area contributed by atoms with Crippen molar-refractivity contribution in [3.8, 4) is 0 Å². The zero-order valence-electron chi connectivity index (χ0n) is 11.5. The molecule has 2 rings (SSSR count). The van der Waals surface area contributed by atoms with Crippen molar-refractivity contribution >= 4 is 0 Å². The van der Waals surface area contributed by atoms with Gasteiger partial charge in [-0.1, -0.05) is 49.6 Å². The van der Waals surface area contributed by atoms with Gasteiger partial charge in [0.05, 0.1) is 6.10 Å². The van der Waals surface area contributed by atoms with Gasteiger partial charge in [0.1, 0.15) is 0 Å². The average molecular weight is 247 g/mol. The molecule has 0 spiro atoms. The van der Waals surface area contributed by atoms with Gasteiger partial charge in [-0.25, -0.2) is 0 Å². The van der Waals surface area contributed by atoms with Gasteiger partial charge >= 0.3 is 0 Å².